The van der Waals surface area contributed by atoms with Crippen LogP contribution in [0.5, 0.6) is 0 Å². The zero-order valence-corrected chi connectivity index (χ0v) is 12.7. The summed E-state index contributed by atoms with van der Waals surface area (Å²) in [6.07, 6.45) is 4.57. The Morgan fingerprint density at radius 1 is 1.47 bits per heavy atom. The summed E-state index contributed by atoms with van der Waals surface area (Å²) >= 11 is 11.5. The molecule has 1 aromatic rings. The number of hydrogen-bond donors (Lipinski definition) is 0. The number of hydrogen-bond acceptors (Lipinski definition) is 3. The van der Waals surface area contributed by atoms with E-state index in [4.69, 9.17) is 28.6 Å². The van der Waals surface area contributed by atoms with E-state index in [1.807, 2.05) is 12.1 Å². The fourth-order valence-electron chi connectivity index (χ4n) is 3.20. The van der Waals surface area contributed by atoms with Crippen molar-refractivity contribution in [3.05, 3.63) is 34.3 Å². The number of unbranched alkanes of at least 4 members (excludes halogenated alkanes) is 1. The summed E-state index contributed by atoms with van der Waals surface area (Å²) in [5, 5.41) is 1.32. The van der Waals surface area contributed by atoms with Gasteiger partial charge in [-0.05, 0) is 37.2 Å². The molecule has 0 N–H and O–H groups in total. The van der Waals surface area contributed by atoms with Gasteiger partial charge in [0, 0.05) is 35.7 Å². The molecule has 1 unspecified atom stereocenters. The molecule has 1 atom stereocenters. The van der Waals surface area contributed by atoms with E-state index >= 15 is 0 Å². The van der Waals surface area contributed by atoms with E-state index in [1.54, 1.807) is 0 Å². The third-order valence-electron chi connectivity index (χ3n) is 4.12. The number of fused-ring (bicyclic) bond motifs is 2. The van der Waals surface area contributed by atoms with E-state index in [-0.39, 0.29) is 5.72 Å². The first-order chi connectivity index (χ1) is 9.17. The Labute approximate surface area is 124 Å². The van der Waals surface area contributed by atoms with E-state index in [0.29, 0.717) is 5.05 Å². The monoisotopic (exact) mass is 295 g/mol. The molecule has 2 aliphatic heterocycles. The topological polar surface area (TPSA) is 12.5 Å². The minimum absolute atomic E-state index is 0.313. The summed E-state index contributed by atoms with van der Waals surface area (Å²) in [6.45, 7) is 4.38. The van der Waals surface area contributed by atoms with Crippen LogP contribution in [0.3, 0.4) is 0 Å². The quantitative estimate of drug-likeness (QED) is 0.779. The predicted octanol–water partition coefficient (Wildman–Crippen LogP) is 4.09. The van der Waals surface area contributed by atoms with Crippen LogP contribution in [0.4, 0.5) is 0 Å². The van der Waals surface area contributed by atoms with Crippen LogP contribution in [-0.2, 0) is 10.5 Å². The lowest BCUT2D eigenvalue weighted by Crippen LogP contribution is -2.41. The second-order valence-electron chi connectivity index (χ2n) is 5.31. The Kier molecular flexibility index (Phi) is 3.54. The minimum Gasteiger partial charge on any atom is -0.457 e. The van der Waals surface area contributed by atoms with Gasteiger partial charge in [0.1, 0.15) is 0 Å². The summed E-state index contributed by atoms with van der Waals surface area (Å²) in [7, 11) is 0. The predicted molar refractivity (Wildman–Crippen MR) is 81.6 cm³/mol. The number of rotatable bonds is 3. The zero-order chi connectivity index (χ0) is 13.5. The van der Waals surface area contributed by atoms with Crippen molar-refractivity contribution in [3.63, 3.8) is 0 Å². The normalized spacial score (nSPS) is 25.9. The highest BCUT2D eigenvalue weighted by Gasteiger charge is 2.50. The third-order valence-corrected chi connectivity index (χ3v) is 4.66. The first-order valence-corrected chi connectivity index (χ1v) is 7.74. The zero-order valence-electron chi connectivity index (χ0n) is 11.1. The highest BCUT2D eigenvalue weighted by molar-refractivity contribution is 7.80. The maximum atomic E-state index is 6.14. The van der Waals surface area contributed by atoms with E-state index in [1.165, 1.54) is 18.4 Å². The van der Waals surface area contributed by atoms with E-state index in [9.17, 15) is 0 Å². The second kappa shape index (κ2) is 5.04. The van der Waals surface area contributed by atoms with Gasteiger partial charge in [0.05, 0.1) is 0 Å². The van der Waals surface area contributed by atoms with Gasteiger partial charge in [-0.15, -0.1) is 0 Å². The van der Waals surface area contributed by atoms with Gasteiger partial charge in [0.15, 0.2) is 10.8 Å². The smallest absolute Gasteiger partial charge is 0.194 e. The van der Waals surface area contributed by atoms with Gasteiger partial charge < -0.3 is 4.74 Å². The average molecular weight is 296 g/mol. The summed E-state index contributed by atoms with van der Waals surface area (Å²) in [4.78, 5) is 2.45. The van der Waals surface area contributed by atoms with E-state index < -0.39 is 0 Å². The molecule has 1 saturated heterocycles. The van der Waals surface area contributed by atoms with Crippen LogP contribution in [0.2, 0.25) is 5.02 Å². The molecule has 2 nitrogen and oxygen atoms in total. The van der Waals surface area contributed by atoms with Crippen LogP contribution in [0.1, 0.15) is 43.7 Å². The summed E-state index contributed by atoms with van der Waals surface area (Å²) in [6, 6.07) is 5.96. The van der Waals surface area contributed by atoms with Gasteiger partial charge in [0.25, 0.3) is 0 Å². The number of ether oxygens (including phenoxy) is 1. The third kappa shape index (κ3) is 2.08. The highest BCUT2D eigenvalue weighted by atomic mass is 35.5. The Bertz CT molecular complexity index is 519. The molecule has 1 fully saturated rings. The maximum Gasteiger partial charge on any atom is 0.194 e. The van der Waals surface area contributed by atoms with Crippen LogP contribution in [0.25, 0.3) is 0 Å². The van der Waals surface area contributed by atoms with Crippen molar-refractivity contribution < 1.29 is 4.74 Å². The largest absolute Gasteiger partial charge is 0.457 e. The lowest BCUT2D eigenvalue weighted by atomic mass is 9.97. The molecule has 0 radical (unpaired) electrons. The molecular formula is C15H18ClNOS. The van der Waals surface area contributed by atoms with Crippen molar-refractivity contribution >= 4 is 28.9 Å². The lowest BCUT2D eigenvalue weighted by molar-refractivity contribution is -0.0615. The fourth-order valence-corrected chi connectivity index (χ4v) is 3.68. The Hall–Kier alpha value is -0.640. The number of halogens is 1. The van der Waals surface area contributed by atoms with Crippen molar-refractivity contribution in [1.29, 1.82) is 0 Å². The van der Waals surface area contributed by atoms with Gasteiger partial charge >= 0.3 is 0 Å². The fraction of sp³-hybridized carbons (Fsp3) is 0.533. The summed E-state index contributed by atoms with van der Waals surface area (Å²) in [5.41, 5.74) is 1.90. The van der Waals surface area contributed by atoms with Gasteiger partial charge in [0.2, 0.25) is 0 Å². The Morgan fingerprint density at radius 2 is 2.32 bits per heavy atom. The molecule has 2 aliphatic rings. The molecule has 0 saturated carbocycles. The molecule has 0 aliphatic carbocycles. The molecule has 0 aromatic heterocycles. The van der Waals surface area contributed by atoms with Gasteiger partial charge in [-0.2, -0.15) is 0 Å². The standard InChI is InChI=1S/C15H18ClNOS/c1-2-3-8-17-9-4-7-15(17)13-6-5-11(16)10-12(13)14(19)18-15/h5-6,10H,2-4,7-9H2,1H3. The van der Waals surface area contributed by atoms with Gasteiger partial charge in [-0.25, -0.2) is 0 Å². The van der Waals surface area contributed by atoms with Gasteiger partial charge in [-0.3, -0.25) is 4.90 Å². The molecule has 102 valence electrons. The number of nitrogens with zero attached hydrogens (tertiary/aromatic N) is 1. The molecule has 0 amide bonds. The Balaban J connectivity index is 2.00. The number of likely N-dealkylation sites (tertiary alicyclic amines) is 1. The summed E-state index contributed by atoms with van der Waals surface area (Å²) < 4.78 is 6.14. The Morgan fingerprint density at radius 3 is 3.11 bits per heavy atom. The average Bonchev–Trinajstić information content (AvgIpc) is 2.91. The maximum absolute atomic E-state index is 6.14. The number of benzene rings is 1. The van der Waals surface area contributed by atoms with Crippen molar-refractivity contribution in [2.24, 2.45) is 0 Å². The van der Waals surface area contributed by atoms with Crippen molar-refractivity contribution in [2.75, 3.05) is 13.1 Å². The van der Waals surface area contributed by atoms with E-state index in [2.05, 4.69) is 17.9 Å². The molecule has 1 aromatic carbocycles. The molecule has 1 spiro atoms. The lowest BCUT2D eigenvalue weighted by Gasteiger charge is -2.34. The van der Waals surface area contributed by atoms with Gasteiger partial charge in [-0.1, -0.05) is 31.0 Å². The molecule has 2 heterocycles. The van der Waals surface area contributed by atoms with Crippen LogP contribution >= 0.6 is 23.8 Å². The first-order valence-electron chi connectivity index (χ1n) is 6.96. The van der Waals surface area contributed by atoms with Crippen LogP contribution < -0.4 is 0 Å². The molecular weight excluding hydrogens is 278 g/mol. The molecule has 4 heteroatoms. The van der Waals surface area contributed by atoms with Crippen LogP contribution in [0.15, 0.2) is 18.2 Å². The van der Waals surface area contributed by atoms with E-state index in [0.717, 1.165) is 36.5 Å². The van der Waals surface area contributed by atoms with Crippen LogP contribution in [0, 0.1) is 0 Å². The molecule has 3 rings (SSSR count). The summed E-state index contributed by atoms with van der Waals surface area (Å²) in [5.74, 6) is 0. The SMILES string of the molecule is CCCCN1CCCC12OC(=S)c1cc(Cl)ccc12. The number of thiocarbonyl (C=S) groups is 1. The van der Waals surface area contributed by atoms with Crippen molar-refractivity contribution in [3.8, 4) is 0 Å². The van der Waals surface area contributed by atoms with Crippen LogP contribution in [-0.4, -0.2) is 23.0 Å². The second-order valence-corrected chi connectivity index (χ2v) is 6.12. The molecule has 19 heavy (non-hydrogen) atoms. The molecule has 0 bridgehead atoms. The first kappa shape index (κ1) is 13.3. The van der Waals surface area contributed by atoms with Crippen molar-refractivity contribution in [1.82, 2.24) is 4.90 Å². The highest BCUT2D eigenvalue weighted by Crippen LogP contribution is 2.47. The minimum atomic E-state index is -0.313. The van der Waals surface area contributed by atoms with Crippen molar-refractivity contribution in [2.45, 2.75) is 38.3 Å².